The Bertz CT molecular complexity index is 175. The summed E-state index contributed by atoms with van der Waals surface area (Å²) < 4.78 is 5.64. The van der Waals surface area contributed by atoms with Gasteiger partial charge in [-0.3, -0.25) is 4.90 Å². The third-order valence-corrected chi connectivity index (χ3v) is 2.29. The summed E-state index contributed by atoms with van der Waals surface area (Å²) in [6.07, 6.45) is 7.94. The molecule has 2 nitrogen and oxygen atoms in total. The topological polar surface area (TPSA) is 12.5 Å². The Morgan fingerprint density at radius 1 is 1.38 bits per heavy atom. The number of rotatable bonds is 3. The predicted molar refractivity (Wildman–Crippen MR) is 54.5 cm³/mol. The average molecular weight is 181 g/mol. The molecule has 1 aliphatic rings. The van der Waals surface area contributed by atoms with Crippen molar-refractivity contribution in [2.24, 2.45) is 0 Å². The molecule has 0 aromatic heterocycles. The molecule has 0 bridgehead atoms. The van der Waals surface area contributed by atoms with Crippen molar-refractivity contribution in [3.8, 4) is 12.3 Å². The molecule has 74 valence electrons. The molecule has 1 saturated heterocycles. The van der Waals surface area contributed by atoms with Crippen molar-refractivity contribution < 1.29 is 4.74 Å². The highest BCUT2D eigenvalue weighted by Gasteiger charge is 2.21. The van der Waals surface area contributed by atoms with Crippen molar-refractivity contribution in [1.29, 1.82) is 0 Å². The highest BCUT2D eigenvalue weighted by molar-refractivity contribution is 4.84. The van der Waals surface area contributed by atoms with Gasteiger partial charge in [0.05, 0.1) is 12.2 Å². The second kappa shape index (κ2) is 5.26. The lowest BCUT2D eigenvalue weighted by Gasteiger charge is -2.35. The van der Waals surface area contributed by atoms with Crippen LogP contribution in [-0.4, -0.2) is 36.7 Å². The lowest BCUT2D eigenvalue weighted by atomic mass is 10.2. The number of morpholine rings is 1. The van der Waals surface area contributed by atoms with Crippen LogP contribution in [0.25, 0.3) is 0 Å². The van der Waals surface area contributed by atoms with E-state index in [4.69, 9.17) is 11.2 Å². The zero-order chi connectivity index (χ0) is 9.68. The maximum Gasteiger partial charge on any atom is 0.0678 e. The van der Waals surface area contributed by atoms with Gasteiger partial charge in [-0.15, -0.1) is 12.3 Å². The lowest BCUT2D eigenvalue weighted by Crippen LogP contribution is -2.45. The Morgan fingerprint density at radius 2 is 2.00 bits per heavy atom. The molecule has 2 unspecified atom stereocenters. The smallest absolute Gasteiger partial charge is 0.0678 e. The molecule has 0 amide bonds. The Hall–Kier alpha value is -0.520. The molecule has 2 atom stereocenters. The lowest BCUT2D eigenvalue weighted by molar-refractivity contribution is -0.0679. The van der Waals surface area contributed by atoms with E-state index >= 15 is 0 Å². The van der Waals surface area contributed by atoms with Crippen molar-refractivity contribution in [3.05, 3.63) is 0 Å². The first kappa shape index (κ1) is 10.6. The van der Waals surface area contributed by atoms with Gasteiger partial charge in [0.15, 0.2) is 0 Å². The summed E-state index contributed by atoms with van der Waals surface area (Å²) in [6.45, 7) is 7.47. The number of nitrogens with zero attached hydrogens (tertiary/aromatic N) is 1. The van der Waals surface area contributed by atoms with Crippen LogP contribution in [0.4, 0.5) is 0 Å². The largest absolute Gasteiger partial charge is 0.373 e. The van der Waals surface area contributed by atoms with Crippen molar-refractivity contribution in [2.75, 3.05) is 19.6 Å². The van der Waals surface area contributed by atoms with E-state index < -0.39 is 0 Å². The van der Waals surface area contributed by atoms with Crippen molar-refractivity contribution in [1.82, 2.24) is 4.90 Å². The Labute approximate surface area is 81.3 Å². The minimum atomic E-state index is 0.370. The van der Waals surface area contributed by atoms with Crippen molar-refractivity contribution >= 4 is 0 Å². The molecule has 0 aromatic carbocycles. The molecular weight excluding hydrogens is 162 g/mol. The minimum absolute atomic E-state index is 0.370. The Balaban J connectivity index is 2.22. The van der Waals surface area contributed by atoms with Gasteiger partial charge < -0.3 is 4.74 Å². The molecule has 0 aliphatic carbocycles. The number of ether oxygens (including phenoxy) is 1. The van der Waals surface area contributed by atoms with Gasteiger partial charge in [-0.1, -0.05) is 0 Å². The molecule has 13 heavy (non-hydrogen) atoms. The summed E-state index contributed by atoms with van der Waals surface area (Å²) in [5, 5.41) is 0. The molecular formula is C11H19NO. The molecule has 0 aromatic rings. The van der Waals surface area contributed by atoms with Crippen LogP contribution in [0.5, 0.6) is 0 Å². The van der Waals surface area contributed by atoms with Gasteiger partial charge in [0.25, 0.3) is 0 Å². The van der Waals surface area contributed by atoms with Gasteiger partial charge in [0.1, 0.15) is 0 Å². The summed E-state index contributed by atoms with van der Waals surface area (Å²) in [4.78, 5) is 2.44. The average Bonchev–Trinajstić information content (AvgIpc) is 2.03. The second-order valence-electron chi connectivity index (χ2n) is 3.82. The van der Waals surface area contributed by atoms with E-state index in [0.717, 1.165) is 32.5 Å². The summed E-state index contributed by atoms with van der Waals surface area (Å²) in [5.41, 5.74) is 0. The number of hydrogen-bond donors (Lipinski definition) is 0. The van der Waals surface area contributed by atoms with Crippen LogP contribution in [0.1, 0.15) is 26.7 Å². The van der Waals surface area contributed by atoms with Gasteiger partial charge in [-0.2, -0.15) is 0 Å². The van der Waals surface area contributed by atoms with Gasteiger partial charge in [0, 0.05) is 19.5 Å². The molecule has 0 radical (unpaired) electrons. The van der Waals surface area contributed by atoms with Crippen LogP contribution in [0.3, 0.4) is 0 Å². The summed E-state index contributed by atoms with van der Waals surface area (Å²) in [6, 6.07) is 0. The quantitative estimate of drug-likeness (QED) is 0.483. The van der Waals surface area contributed by atoms with Gasteiger partial charge in [-0.25, -0.2) is 0 Å². The van der Waals surface area contributed by atoms with Gasteiger partial charge in [0.2, 0.25) is 0 Å². The van der Waals surface area contributed by atoms with Crippen LogP contribution >= 0.6 is 0 Å². The molecule has 0 saturated carbocycles. The monoisotopic (exact) mass is 181 g/mol. The molecule has 1 fully saturated rings. The highest BCUT2D eigenvalue weighted by atomic mass is 16.5. The fraction of sp³-hybridized carbons (Fsp3) is 0.818. The van der Waals surface area contributed by atoms with E-state index in [2.05, 4.69) is 24.7 Å². The molecule has 1 rings (SSSR count). The molecule has 0 N–H and O–H groups in total. The standard InChI is InChI=1S/C11H19NO/c1-4-5-6-7-12-8-10(2)13-11(3)9-12/h1,10-11H,5-9H2,2-3H3. The van der Waals surface area contributed by atoms with Crippen LogP contribution in [0.2, 0.25) is 0 Å². The number of hydrogen-bond acceptors (Lipinski definition) is 2. The molecule has 0 spiro atoms. The van der Waals surface area contributed by atoms with E-state index in [-0.39, 0.29) is 0 Å². The van der Waals surface area contributed by atoms with E-state index in [0.29, 0.717) is 12.2 Å². The third kappa shape index (κ3) is 3.80. The van der Waals surface area contributed by atoms with Crippen LogP contribution in [0, 0.1) is 12.3 Å². The van der Waals surface area contributed by atoms with Gasteiger partial charge >= 0.3 is 0 Å². The van der Waals surface area contributed by atoms with Crippen molar-refractivity contribution in [2.45, 2.75) is 38.9 Å². The summed E-state index contributed by atoms with van der Waals surface area (Å²) in [5.74, 6) is 2.67. The van der Waals surface area contributed by atoms with Gasteiger partial charge in [-0.05, 0) is 26.8 Å². The SMILES string of the molecule is C#CCCCN1CC(C)OC(C)C1. The van der Waals surface area contributed by atoms with Crippen LogP contribution < -0.4 is 0 Å². The summed E-state index contributed by atoms with van der Waals surface area (Å²) in [7, 11) is 0. The summed E-state index contributed by atoms with van der Waals surface area (Å²) >= 11 is 0. The Kier molecular flexibility index (Phi) is 4.27. The zero-order valence-corrected chi connectivity index (χ0v) is 8.62. The zero-order valence-electron chi connectivity index (χ0n) is 8.62. The maximum absolute atomic E-state index is 5.64. The normalized spacial score (nSPS) is 29.9. The fourth-order valence-corrected chi connectivity index (χ4v) is 1.87. The third-order valence-electron chi connectivity index (χ3n) is 2.29. The number of terminal acetylenes is 1. The van der Waals surface area contributed by atoms with Crippen LogP contribution in [-0.2, 0) is 4.74 Å². The molecule has 2 heteroatoms. The first-order valence-corrected chi connectivity index (χ1v) is 5.03. The number of unbranched alkanes of at least 4 members (excludes halogenated alkanes) is 1. The van der Waals surface area contributed by atoms with E-state index in [1.165, 1.54) is 0 Å². The van der Waals surface area contributed by atoms with Crippen molar-refractivity contribution in [3.63, 3.8) is 0 Å². The predicted octanol–water partition coefficient (Wildman–Crippen LogP) is 1.51. The first-order valence-electron chi connectivity index (χ1n) is 5.03. The Morgan fingerprint density at radius 3 is 2.54 bits per heavy atom. The first-order chi connectivity index (χ1) is 6.22. The van der Waals surface area contributed by atoms with Crippen LogP contribution in [0.15, 0.2) is 0 Å². The maximum atomic E-state index is 5.64. The fourth-order valence-electron chi connectivity index (χ4n) is 1.87. The van der Waals surface area contributed by atoms with E-state index in [9.17, 15) is 0 Å². The molecule has 1 aliphatic heterocycles. The second-order valence-corrected chi connectivity index (χ2v) is 3.82. The highest BCUT2D eigenvalue weighted by Crippen LogP contribution is 2.10. The van der Waals surface area contributed by atoms with E-state index in [1.54, 1.807) is 0 Å². The minimum Gasteiger partial charge on any atom is -0.373 e. The molecule has 1 heterocycles. The van der Waals surface area contributed by atoms with E-state index in [1.807, 2.05) is 0 Å².